The Bertz CT molecular complexity index is 211. The predicted octanol–water partition coefficient (Wildman–Crippen LogP) is 3.03. The van der Waals surface area contributed by atoms with Crippen molar-refractivity contribution in [2.24, 2.45) is 5.92 Å². The summed E-state index contributed by atoms with van der Waals surface area (Å²) in [5, 5.41) is 3.61. The Hall–Kier alpha value is -0.0800. The Balaban J connectivity index is 1.67. The lowest BCUT2D eigenvalue weighted by Crippen LogP contribution is -2.47. The molecular weight excluding hydrogens is 208 g/mol. The lowest BCUT2D eigenvalue weighted by Gasteiger charge is -2.38. The first kappa shape index (κ1) is 13.4. The maximum Gasteiger partial charge on any atom is 0.00939 e. The summed E-state index contributed by atoms with van der Waals surface area (Å²) in [6, 6.07) is 1.56. The van der Waals surface area contributed by atoms with Crippen molar-refractivity contribution in [1.82, 2.24) is 10.2 Å². The summed E-state index contributed by atoms with van der Waals surface area (Å²) < 4.78 is 0. The van der Waals surface area contributed by atoms with E-state index in [1.54, 1.807) is 0 Å². The van der Waals surface area contributed by atoms with Gasteiger partial charge in [0.25, 0.3) is 0 Å². The van der Waals surface area contributed by atoms with E-state index in [-0.39, 0.29) is 0 Å². The average molecular weight is 238 g/mol. The molecule has 1 N–H and O–H groups in total. The first-order chi connectivity index (χ1) is 8.29. The number of hydrogen-bond acceptors (Lipinski definition) is 2. The molecule has 0 spiro atoms. The summed E-state index contributed by atoms with van der Waals surface area (Å²) in [6.07, 6.45) is 10.1. The third kappa shape index (κ3) is 3.96. The smallest absolute Gasteiger partial charge is 0.00939 e. The van der Waals surface area contributed by atoms with Gasteiger partial charge in [0, 0.05) is 12.1 Å². The zero-order valence-corrected chi connectivity index (χ0v) is 11.8. The number of piperidine rings is 1. The molecule has 1 aliphatic heterocycles. The van der Waals surface area contributed by atoms with E-state index >= 15 is 0 Å². The van der Waals surface area contributed by atoms with Crippen molar-refractivity contribution < 1.29 is 0 Å². The highest BCUT2D eigenvalue weighted by Gasteiger charge is 2.25. The number of likely N-dealkylation sites (tertiary alicyclic amines) is 1. The fourth-order valence-electron chi connectivity index (χ4n) is 3.67. The van der Waals surface area contributed by atoms with Gasteiger partial charge in [-0.25, -0.2) is 0 Å². The average Bonchev–Trinajstić information content (AvgIpc) is 2.81. The van der Waals surface area contributed by atoms with Gasteiger partial charge in [0.2, 0.25) is 0 Å². The van der Waals surface area contributed by atoms with Crippen LogP contribution in [0.15, 0.2) is 0 Å². The van der Waals surface area contributed by atoms with Crippen LogP contribution in [-0.2, 0) is 0 Å². The van der Waals surface area contributed by atoms with Gasteiger partial charge in [-0.1, -0.05) is 32.6 Å². The van der Waals surface area contributed by atoms with Crippen molar-refractivity contribution in [3.8, 4) is 0 Å². The molecule has 100 valence electrons. The summed E-state index contributed by atoms with van der Waals surface area (Å²) in [5.41, 5.74) is 0. The van der Waals surface area contributed by atoms with Crippen LogP contribution in [0.2, 0.25) is 0 Å². The third-order valence-electron chi connectivity index (χ3n) is 4.81. The summed E-state index contributed by atoms with van der Waals surface area (Å²) in [7, 11) is 0. The monoisotopic (exact) mass is 238 g/mol. The second-order valence-electron chi connectivity index (χ2n) is 6.10. The molecule has 2 aliphatic rings. The first-order valence-corrected chi connectivity index (χ1v) is 7.77. The highest BCUT2D eigenvalue weighted by molar-refractivity contribution is 4.83. The fourth-order valence-corrected chi connectivity index (χ4v) is 3.67. The van der Waals surface area contributed by atoms with Gasteiger partial charge in [0.1, 0.15) is 0 Å². The van der Waals surface area contributed by atoms with E-state index in [1.807, 2.05) is 0 Å². The first-order valence-electron chi connectivity index (χ1n) is 7.77. The molecular formula is C15H30N2. The van der Waals surface area contributed by atoms with Crippen LogP contribution in [0.1, 0.15) is 58.8 Å². The Morgan fingerprint density at radius 2 is 1.94 bits per heavy atom. The zero-order chi connectivity index (χ0) is 12.1. The molecule has 1 saturated heterocycles. The van der Waals surface area contributed by atoms with E-state index in [4.69, 9.17) is 0 Å². The standard InChI is InChI=1S/C15H30N2/c1-3-16-15-9-11-17(13(2)12-15)10-8-14-6-4-5-7-14/h13-16H,3-12H2,1-2H3. The van der Waals surface area contributed by atoms with Crippen molar-refractivity contribution in [3.05, 3.63) is 0 Å². The summed E-state index contributed by atoms with van der Waals surface area (Å²) >= 11 is 0. The summed E-state index contributed by atoms with van der Waals surface area (Å²) in [6.45, 7) is 8.42. The Morgan fingerprint density at radius 3 is 2.59 bits per heavy atom. The normalized spacial score (nSPS) is 32.1. The Labute approximate surface area is 107 Å². The van der Waals surface area contributed by atoms with Crippen LogP contribution in [0.4, 0.5) is 0 Å². The Kier molecular flexibility index (Phi) is 5.30. The third-order valence-corrected chi connectivity index (χ3v) is 4.81. The van der Waals surface area contributed by atoms with Crippen LogP contribution >= 0.6 is 0 Å². The fraction of sp³-hybridized carbons (Fsp3) is 1.00. The number of nitrogens with one attached hydrogen (secondary N) is 1. The molecule has 1 saturated carbocycles. The van der Waals surface area contributed by atoms with Crippen LogP contribution in [0.5, 0.6) is 0 Å². The Morgan fingerprint density at radius 1 is 1.18 bits per heavy atom. The van der Waals surface area contributed by atoms with E-state index in [1.165, 1.54) is 58.0 Å². The molecule has 0 radical (unpaired) electrons. The highest BCUT2D eigenvalue weighted by Crippen LogP contribution is 2.28. The van der Waals surface area contributed by atoms with Crippen LogP contribution < -0.4 is 5.32 Å². The second-order valence-corrected chi connectivity index (χ2v) is 6.10. The van der Waals surface area contributed by atoms with Crippen molar-refractivity contribution in [3.63, 3.8) is 0 Å². The number of rotatable bonds is 5. The minimum absolute atomic E-state index is 0.776. The molecule has 0 aromatic heterocycles. The van der Waals surface area contributed by atoms with Crippen molar-refractivity contribution in [2.45, 2.75) is 70.9 Å². The quantitative estimate of drug-likeness (QED) is 0.792. The molecule has 0 amide bonds. The van der Waals surface area contributed by atoms with Gasteiger partial charge in [0.05, 0.1) is 0 Å². The van der Waals surface area contributed by atoms with Crippen molar-refractivity contribution in [1.29, 1.82) is 0 Å². The molecule has 2 fully saturated rings. The number of hydrogen-bond donors (Lipinski definition) is 1. The molecule has 0 bridgehead atoms. The minimum Gasteiger partial charge on any atom is -0.314 e. The van der Waals surface area contributed by atoms with Gasteiger partial charge in [-0.15, -0.1) is 0 Å². The topological polar surface area (TPSA) is 15.3 Å². The SMILES string of the molecule is CCNC1CCN(CCC2CCCC2)C(C)C1. The van der Waals surface area contributed by atoms with Crippen LogP contribution in [0.3, 0.4) is 0 Å². The lowest BCUT2D eigenvalue weighted by atomic mass is 9.96. The zero-order valence-electron chi connectivity index (χ0n) is 11.8. The molecule has 2 rings (SSSR count). The predicted molar refractivity (Wildman–Crippen MR) is 74.3 cm³/mol. The largest absolute Gasteiger partial charge is 0.314 e. The van der Waals surface area contributed by atoms with Gasteiger partial charge in [-0.3, -0.25) is 0 Å². The van der Waals surface area contributed by atoms with Crippen molar-refractivity contribution in [2.75, 3.05) is 19.6 Å². The van der Waals surface area contributed by atoms with Crippen LogP contribution in [0.25, 0.3) is 0 Å². The van der Waals surface area contributed by atoms with E-state index in [0.717, 1.165) is 24.5 Å². The van der Waals surface area contributed by atoms with Gasteiger partial charge in [-0.05, 0) is 51.7 Å². The van der Waals surface area contributed by atoms with Crippen molar-refractivity contribution >= 4 is 0 Å². The molecule has 2 heteroatoms. The minimum atomic E-state index is 0.776. The summed E-state index contributed by atoms with van der Waals surface area (Å²) in [4.78, 5) is 2.73. The molecule has 1 heterocycles. The van der Waals surface area contributed by atoms with Crippen LogP contribution in [0, 0.1) is 5.92 Å². The lowest BCUT2D eigenvalue weighted by molar-refractivity contribution is 0.129. The molecule has 1 aliphatic carbocycles. The van der Waals surface area contributed by atoms with E-state index in [2.05, 4.69) is 24.1 Å². The maximum atomic E-state index is 3.61. The summed E-state index contributed by atoms with van der Waals surface area (Å²) in [5.74, 6) is 1.05. The van der Waals surface area contributed by atoms with Gasteiger partial charge in [-0.2, -0.15) is 0 Å². The van der Waals surface area contributed by atoms with E-state index in [0.29, 0.717) is 0 Å². The molecule has 0 aromatic rings. The molecule has 2 nitrogen and oxygen atoms in total. The number of nitrogens with zero attached hydrogens (tertiary/aromatic N) is 1. The molecule has 0 aromatic carbocycles. The van der Waals surface area contributed by atoms with E-state index < -0.39 is 0 Å². The van der Waals surface area contributed by atoms with E-state index in [9.17, 15) is 0 Å². The molecule has 2 unspecified atom stereocenters. The maximum absolute atomic E-state index is 3.61. The molecule has 17 heavy (non-hydrogen) atoms. The van der Waals surface area contributed by atoms with Crippen LogP contribution in [-0.4, -0.2) is 36.6 Å². The van der Waals surface area contributed by atoms with Gasteiger partial charge >= 0.3 is 0 Å². The van der Waals surface area contributed by atoms with Gasteiger partial charge < -0.3 is 10.2 Å². The second kappa shape index (κ2) is 6.75. The highest BCUT2D eigenvalue weighted by atomic mass is 15.2. The van der Waals surface area contributed by atoms with Gasteiger partial charge in [0.15, 0.2) is 0 Å². The molecule has 2 atom stereocenters.